The maximum atomic E-state index is 12.5. The van der Waals surface area contributed by atoms with Gasteiger partial charge >= 0.3 is 0 Å². The first kappa shape index (κ1) is 17.7. The quantitative estimate of drug-likeness (QED) is 0.825. The number of aryl methyl sites for hydroxylation is 1. The molecule has 1 aromatic carbocycles. The zero-order chi connectivity index (χ0) is 17.7. The Hall–Kier alpha value is -2.63. The number of hydrogen-bond acceptors (Lipinski definition) is 5. The summed E-state index contributed by atoms with van der Waals surface area (Å²) in [5.41, 5.74) is 8.16. The SMILES string of the molecule is CCCCOc1ccc(-c2nc(N)nc(C)c2C(=O)N(C)C)cc1. The number of unbranched alkanes of at least 4 members (excludes halogenated alkanes) is 1. The Morgan fingerprint density at radius 3 is 2.46 bits per heavy atom. The molecule has 2 aromatic rings. The van der Waals surface area contributed by atoms with E-state index in [0.29, 0.717) is 23.6 Å². The molecule has 0 fully saturated rings. The number of nitrogens with zero attached hydrogens (tertiary/aromatic N) is 3. The van der Waals surface area contributed by atoms with Crippen LogP contribution in [0.3, 0.4) is 0 Å². The van der Waals surface area contributed by atoms with Gasteiger partial charge in [0.25, 0.3) is 5.91 Å². The molecule has 0 bridgehead atoms. The number of ether oxygens (including phenoxy) is 1. The second kappa shape index (κ2) is 7.77. The summed E-state index contributed by atoms with van der Waals surface area (Å²) in [5.74, 6) is 0.804. The van der Waals surface area contributed by atoms with Gasteiger partial charge in [-0.1, -0.05) is 13.3 Å². The summed E-state index contributed by atoms with van der Waals surface area (Å²) in [6.45, 7) is 4.58. The second-order valence-electron chi connectivity index (χ2n) is 5.82. The minimum Gasteiger partial charge on any atom is -0.494 e. The highest BCUT2D eigenvalue weighted by Crippen LogP contribution is 2.27. The van der Waals surface area contributed by atoms with E-state index in [1.54, 1.807) is 21.0 Å². The van der Waals surface area contributed by atoms with Crippen molar-refractivity contribution >= 4 is 11.9 Å². The van der Waals surface area contributed by atoms with Crippen molar-refractivity contribution in [1.82, 2.24) is 14.9 Å². The van der Waals surface area contributed by atoms with Crippen LogP contribution in [-0.4, -0.2) is 41.5 Å². The van der Waals surface area contributed by atoms with Gasteiger partial charge in [0, 0.05) is 19.7 Å². The van der Waals surface area contributed by atoms with Gasteiger partial charge in [-0.2, -0.15) is 0 Å². The minimum atomic E-state index is -0.147. The van der Waals surface area contributed by atoms with Crippen molar-refractivity contribution in [3.8, 4) is 17.0 Å². The molecule has 1 heterocycles. The van der Waals surface area contributed by atoms with Crippen molar-refractivity contribution < 1.29 is 9.53 Å². The molecule has 6 nitrogen and oxygen atoms in total. The third-order valence-electron chi connectivity index (χ3n) is 3.62. The van der Waals surface area contributed by atoms with E-state index < -0.39 is 0 Å². The van der Waals surface area contributed by atoms with Crippen LogP contribution >= 0.6 is 0 Å². The lowest BCUT2D eigenvalue weighted by molar-refractivity contribution is 0.0827. The molecule has 2 rings (SSSR count). The maximum Gasteiger partial charge on any atom is 0.257 e. The number of amides is 1. The molecular formula is C18H24N4O2. The summed E-state index contributed by atoms with van der Waals surface area (Å²) < 4.78 is 5.67. The fourth-order valence-electron chi connectivity index (χ4n) is 2.33. The Kier molecular flexibility index (Phi) is 5.73. The van der Waals surface area contributed by atoms with E-state index >= 15 is 0 Å². The number of hydrogen-bond donors (Lipinski definition) is 1. The molecule has 6 heteroatoms. The molecule has 24 heavy (non-hydrogen) atoms. The van der Waals surface area contributed by atoms with E-state index in [0.717, 1.165) is 24.2 Å². The lowest BCUT2D eigenvalue weighted by Crippen LogP contribution is -2.24. The minimum absolute atomic E-state index is 0.147. The van der Waals surface area contributed by atoms with Gasteiger partial charge in [0.15, 0.2) is 0 Å². The molecule has 0 radical (unpaired) electrons. The maximum absolute atomic E-state index is 12.5. The van der Waals surface area contributed by atoms with Crippen molar-refractivity contribution in [2.24, 2.45) is 0 Å². The zero-order valence-corrected chi connectivity index (χ0v) is 14.7. The zero-order valence-electron chi connectivity index (χ0n) is 14.7. The Morgan fingerprint density at radius 1 is 1.21 bits per heavy atom. The summed E-state index contributed by atoms with van der Waals surface area (Å²) in [6, 6.07) is 7.52. The monoisotopic (exact) mass is 328 g/mol. The normalized spacial score (nSPS) is 10.5. The number of carbonyl (C=O) groups excluding carboxylic acids is 1. The Labute approximate surface area is 142 Å². The van der Waals surface area contributed by atoms with E-state index in [-0.39, 0.29) is 11.9 Å². The first-order valence-electron chi connectivity index (χ1n) is 8.03. The number of benzene rings is 1. The lowest BCUT2D eigenvalue weighted by Gasteiger charge is -2.16. The summed E-state index contributed by atoms with van der Waals surface area (Å²) in [4.78, 5) is 22.4. The first-order valence-corrected chi connectivity index (χ1v) is 8.03. The smallest absolute Gasteiger partial charge is 0.257 e. The predicted molar refractivity (Wildman–Crippen MR) is 95.0 cm³/mol. The molecule has 0 aliphatic rings. The predicted octanol–water partition coefficient (Wildman–Crippen LogP) is 2.91. The number of nitrogen functional groups attached to an aromatic ring is 1. The van der Waals surface area contributed by atoms with Crippen LogP contribution < -0.4 is 10.5 Å². The van der Waals surface area contributed by atoms with Crippen LogP contribution in [0.15, 0.2) is 24.3 Å². The van der Waals surface area contributed by atoms with E-state index in [9.17, 15) is 4.79 Å². The average Bonchev–Trinajstić information content (AvgIpc) is 2.54. The number of carbonyl (C=O) groups is 1. The molecule has 0 unspecified atom stereocenters. The van der Waals surface area contributed by atoms with Crippen molar-refractivity contribution in [3.63, 3.8) is 0 Å². The summed E-state index contributed by atoms with van der Waals surface area (Å²) in [5, 5.41) is 0. The van der Waals surface area contributed by atoms with E-state index in [2.05, 4.69) is 16.9 Å². The largest absolute Gasteiger partial charge is 0.494 e. The highest BCUT2D eigenvalue weighted by Gasteiger charge is 2.20. The molecular weight excluding hydrogens is 304 g/mol. The van der Waals surface area contributed by atoms with E-state index in [1.165, 1.54) is 4.90 Å². The van der Waals surface area contributed by atoms with Gasteiger partial charge in [0.05, 0.1) is 23.6 Å². The van der Waals surface area contributed by atoms with Crippen LogP contribution in [-0.2, 0) is 0 Å². The molecule has 128 valence electrons. The summed E-state index contributed by atoms with van der Waals surface area (Å²) in [6.07, 6.45) is 2.11. The van der Waals surface area contributed by atoms with Crippen LogP contribution in [0.4, 0.5) is 5.95 Å². The topological polar surface area (TPSA) is 81.3 Å². The van der Waals surface area contributed by atoms with E-state index in [4.69, 9.17) is 10.5 Å². The number of nitrogens with two attached hydrogens (primary N) is 1. The van der Waals surface area contributed by atoms with Gasteiger partial charge in [0.2, 0.25) is 5.95 Å². The molecule has 0 atom stereocenters. The Balaban J connectivity index is 2.39. The first-order chi connectivity index (χ1) is 11.4. The molecule has 0 spiro atoms. The summed E-state index contributed by atoms with van der Waals surface area (Å²) in [7, 11) is 3.40. The number of rotatable bonds is 6. The number of anilines is 1. The molecule has 1 amide bonds. The third-order valence-corrected chi connectivity index (χ3v) is 3.62. The molecule has 0 saturated heterocycles. The van der Waals surface area contributed by atoms with Crippen LogP contribution in [0.5, 0.6) is 5.75 Å². The van der Waals surface area contributed by atoms with Gasteiger partial charge in [-0.25, -0.2) is 9.97 Å². The van der Waals surface area contributed by atoms with Crippen LogP contribution in [0.25, 0.3) is 11.3 Å². The van der Waals surface area contributed by atoms with Crippen molar-refractivity contribution in [3.05, 3.63) is 35.5 Å². The van der Waals surface area contributed by atoms with Gasteiger partial charge in [-0.05, 0) is 37.6 Å². The standard InChI is InChI=1S/C18H24N4O2/c1-5-6-11-24-14-9-7-13(8-10-14)16-15(17(23)22(3)4)12(2)20-18(19)21-16/h7-10H,5-6,11H2,1-4H3,(H2,19,20,21). The molecule has 0 aliphatic heterocycles. The average molecular weight is 328 g/mol. The van der Waals surface area contributed by atoms with Gasteiger partial charge in [0.1, 0.15) is 5.75 Å². The van der Waals surface area contributed by atoms with Crippen LogP contribution in [0.1, 0.15) is 35.8 Å². The summed E-state index contributed by atoms with van der Waals surface area (Å²) >= 11 is 0. The fourth-order valence-corrected chi connectivity index (χ4v) is 2.33. The van der Waals surface area contributed by atoms with Crippen LogP contribution in [0, 0.1) is 6.92 Å². The Morgan fingerprint density at radius 2 is 1.88 bits per heavy atom. The Bertz CT molecular complexity index is 712. The van der Waals surface area contributed by atoms with Crippen molar-refractivity contribution in [2.75, 3.05) is 26.4 Å². The van der Waals surface area contributed by atoms with Gasteiger partial charge in [-0.15, -0.1) is 0 Å². The van der Waals surface area contributed by atoms with Crippen molar-refractivity contribution in [2.45, 2.75) is 26.7 Å². The van der Waals surface area contributed by atoms with Crippen molar-refractivity contribution in [1.29, 1.82) is 0 Å². The van der Waals surface area contributed by atoms with Gasteiger partial charge in [-0.3, -0.25) is 4.79 Å². The highest BCUT2D eigenvalue weighted by molar-refractivity contribution is 6.00. The third kappa shape index (κ3) is 4.01. The second-order valence-corrected chi connectivity index (χ2v) is 5.82. The van der Waals surface area contributed by atoms with Gasteiger partial charge < -0.3 is 15.4 Å². The molecule has 2 N–H and O–H groups in total. The molecule has 1 aromatic heterocycles. The molecule has 0 saturated carbocycles. The fraction of sp³-hybridized carbons (Fsp3) is 0.389. The van der Waals surface area contributed by atoms with Crippen LogP contribution in [0.2, 0.25) is 0 Å². The molecule has 0 aliphatic carbocycles. The van der Waals surface area contributed by atoms with E-state index in [1.807, 2.05) is 24.3 Å². The number of aromatic nitrogens is 2. The highest BCUT2D eigenvalue weighted by atomic mass is 16.5. The lowest BCUT2D eigenvalue weighted by atomic mass is 10.0.